The van der Waals surface area contributed by atoms with Crippen molar-refractivity contribution < 1.29 is 14.3 Å². The zero-order chi connectivity index (χ0) is 13.3. The Bertz CT molecular complexity index is 361. The number of hydrogen-bond acceptors (Lipinski definition) is 3. The maximum atomic E-state index is 11.4. The Balaban J connectivity index is 2.14. The van der Waals surface area contributed by atoms with E-state index in [1.54, 1.807) is 0 Å². The van der Waals surface area contributed by atoms with Crippen molar-refractivity contribution in [3.8, 4) is 0 Å². The number of allylic oxidation sites excluding steroid dienone is 1. The summed E-state index contributed by atoms with van der Waals surface area (Å²) in [6.07, 6.45) is 4.14. The van der Waals surface area contributed by atoms with Gasteiger partial charge in [0.05, 0.1) is 19.3 Å². The zero-order valence-corrected chi connectivity index (χ0v) is 11.9. The Hall–Kier alpha value is -0.830. The number of esters is 1. The number of rotatable bonds is 3. The van der Waals surface area contributed by atoms with Crippen molar-refractivity contribution in [1.29, 1.82) is 0 Å². The van der Waals surface area contributed by atoms with Crippen LogP contribution in [0.2, 0.25) is 0 Å². The Morgan fingerprint density at radius 3 is 2.94 bits per heavy atom. The molecule has 0 aromatic carbocycles. The molecule has 0 spiro atoms. The van der Waals surface area contributed by atoms with Crippen LogP contribution in [0, 0.1) is 17.3 Å². The average Bonchev–Trinajstić information content (AvgIpc) is 2.36. The summed E-state index contributed by atoms with van der Waals surface area (Å²) >= 11 is 0. The van der Waals surface area contributed by atoms with E-state index < -0.39 is 0 Å². The average molecular weight is 252 g/mol. The smallest absolute Gasteiger partial charge is 0.305 e. The lowest BCUT2D eigenvalue weighted by Crippen LogP contribution is -2.50. The van der Waals surface area contributed by atoms with Gasteiger partial charge in [0, 0.05) is 17.8 Å². The van der Waals surface area contributed by atoms with Gasteiger partial charge in [-0.2, -0.15) is 0 Å². The number of carbonyl (C=O) groups is 1. The van der Waals surface area contributed by atoms with E-state index in [-0.39, 0.29) is 17.5 Å². The molecule has 3 nitrogen and oxygen atoms in total. The predicted octanol–water partition coefficient (Wildman–Crippen LogP) is 2.95. The molecule has 1 heterocycles. The van der Waals surface area contributed by atoms with E-state index in [1.165, 1.54) is 5.57 Å². The summed E-state index contributed by atoms with van der Waals surface area (Å²) in [6.45, 7) is 9.56. The van der Waals surface area contributed by atoms with E-state index >= 15 is 0 Å². The molecule has 2 aliphatic rings. The number of fused-ring (bicyclic) bond motifs is 2. The van der Waals surface area contributed by atoms with Gasteiger partial charge in [-0.05, 0) is 26.2 Å². The number of ether oxygens (including phenoxy) is 2. The van der Waals surface area contributed by atoms with Crippen LogP contribution in [0.25, 0.3) is 0 Å². The van der Waals surface area contributed by atoms with E-state index in [2.05, 4.69) is 26.8 Å². The molecule has 1 aliphatic carbocycles. The zero-order valence-electron chi connectivity index (χ0n) is 11.9. The first-order valence-electron chi connectivity index (χ1n) is 6.94. The highest BCUT2D eigenvalue weighted by Gasteiger charge is 2.47. The van der Waals surface area contributed by atoms with Gasteiger partial charge in [0.15, 0.2) is 0 Å². The minimum Gasteiger partial charge on any atom is -0.465 e. The summed E-state index contributed by atoms with van der Waals surface area (Å²) in [5.74, 6) is 0.777. The Morgan fingerprint density at radius 1 is 1.56 bits per heavy atom. The molecule has 0 aromatic heterocycles. The Morgan fingerprint density at radius 2 is 2.28 bits per heavy atom. The lowest BCUT2D eigenvalue weighted by molar-refractivity contribution is -0.161. The third-order valence-corrected chi connectivity index (χ3v) is 4.70. The van der Waals surface area contributed by atoms with Crippen LogP contribution in [-0.4, -0.2) is 25.3 Å². The molecule has 0 N–H and O–H groups in total. The molecule has 4 atom stereocenters. The quantitative estimate of drug-likeness (QED) is 0.572. The van der Waals surface area contributed by atoms with Crippen LogP contribution >= 0.6 is 0 Å². The van der Waals surface area contributed by atoms with Gasteiger partial charge in [0.2, 0.25) is 0 Å². The van der Waals surface area contributed by atoms with Crippen LogP contribution < -0.4 is 0 Å². The molecule has 1 saturated heterocycles. The standard InChI is InChI=1S/C15H24O3/c1-5-14(16)18-9-15-7-13(12(4)17-8-15)10(2)6-11(15)3/h6,11-13H,5,7-9H2,1-4H3/t11-,12-,13+,15-/m1/s1. The minimum absolute atomic E-state index is 0.0124. The molecule has 0 amide bonds. The summed E-state index contributed by atoms with van der Waals surface area (Å²) < 4.78 is 11.3. The lowest BCUT2D eigenvalue weighted by atomic mass is 9.63. The first-order chi connectivity index (χ1) is 8.48. The van der Waals surface area contributed by atoms with Gasteiger partial charge >= 0.3 is 5.97 Å². The fourth-order valence-electron chi connectivity index (χ4n) is 3.18. The van der Waals surface area contributed by atoms with Crippen molar-refractivity contribution in [1.82, 2.24) is 0 Å². The van der Waals surface area contributed by atoms with Crippen LogP contribution in [0.3, 0.4) is 0 Å². The van der Waals surface area contributed by atoms with Gasteiger partial charge < -0.3 is 9.47 Å². The highest BCUT2D eigenvalue weighted by atomic mass is 16.5. The molecule has 1 fully saturated rings. The second-order valence-corrected chi connectivity index (χ2v) is 5.90. The van der Waals surface area contributed by atoms with E-state index in [9.17, 15) is 4.79 Å². The van der Waals surface area contributed by atoms with Crippen LogP contribution in [0.1, 0.15) is 40.5 Å². The second kappa shape index (κ2) is 5.04. The summed E-state index contributed by atoms with van der Waals surface area (Å²) in [5.41, 5.74) is 1.41. The van der Waals surface area contributed by atoms with Gasteiger partial charge in [-0.3, -0.25) is 4.79 Å². The molecular formula is C15H24O3. The fraction of sp³-hybridized carbons (Fsp3) is 0.800. The highest BCUT2D eigenvalue weighted by molar-refractivity contribution is 5.68. The van der Waals surface area contributed by atoms with Gasteiger partial charge in [0.25, 0.3) is 0 Å². The normalized spacial score (nSPS) is 39.1. The third-order valence-electron chi connectivity index (χ3n) is 4.70. The maximum absolute atomic E-state index is 11.4. The molecular weight excluding hydrogens is 228 g/mol. The number of hydrogen-bond donors (Lipinski definition) is 0. The lowest BCUT2D eigenvalue weighted by Gasteiger charge is -2.49. The van der Waals surface area contributed by atoms with Gasteiger partial charge in [-0.25, -0.2) is 0 Å². The van der Waals surface area contributed by atoms with E-state index in [4.69, 9.17) is 9.47 Å². The van der Waals surface area contributed by atoms with Crippen molar-refractivity contribution in [2.75, 3.05) is 13.2 Å². The predicted molar refractivity (Wildman–Crippen MR) is 70.1 cm³/mol. The van der Waals surface area contributed by atoms with Crippen LogP contribution in [-0.2, 0) is 14.3 Å². The first kappa shape index (κ1) is 13.6. The Labute approximate surface area is 110 Å². The molecule has 2 rings (SSSR count). The molecule has 0 unspecified atom stereocenters. The second-order valence-electron chi connectivity index (χ2n) is 5.90. The molecule has 2 bridgehead atoms. The van der Waals surface area contributed by atoms with Crippen molar-refractivity contribution in [2.24, 2.45) is 17.3 Å². The fourth-order valence-corrected chi connectivity index (χ4v) is 3.18. The van der Waals surface area contributed by atoms with E-state index in [1.807, 2.05) is 6.92 Å². The maximum Gasteiger partial charge on any atom is 0.305 e. The largest absolute Gasteiger partial charge is 0.465 e. The van der Waals surface area contributed by atoms with Crippen molar-refractivity contribution in [3.63, 3.8) is 0 Å². The Kier molecular flexibility index (Phi) is 3.81. The van der Waals surface area contributed by atoms with Gasteiger partial charge in [-0.15, -0.1) is 0 Å². The molecule has 102 valence electrons. The van der Waals surface area contributed by atoms with Crippen molar-refractivity contribution in [2.45, 2.75) is 46.6 Å². The van der Waals surface area contributed by atoms with E-state index in [0.717, 1.165) is 6.42 Å². The van der Waals surface area contributed by atoms with Crippen molar-refractivity contribution in [3.05, 3.63) is 11.6 Å². The summed E-state index contributed by atoms with van der Waals surface area (Å²) in [5, 5.41) is 0. The molecule has 18 heavy (non-hydrogen) atoms. The SMILES string of the molecule is CCC(=O)OC[C@]12CO[C@H](C)[C@@H](C1)C(C)=C[C@H]2C. The monoisotopic (exact) mass is 252 g/mol. The molecule has 1 aliphatic heterocycles. The highest BCUT2D eigenvalue weighted by Crippen LogP contribution is 2.48. The third kappa shape index (κ3) is 2.33. The number of carbonyl (C=O) groups excluding carboxylic acids is 1. The summed E-state index contributed by atoms with van der Waals surface area (Å²) in [7, 11) is 0. The first-order valence-corrected chi connectivity index (χ1v) is 6.94. The van der Waals surface area contributed by atoms with Crippen LogP contribution in [0.15, 0.2) is 11.6 Å². The van der Waals surface area contributed by atoms with Crippen LogP contribution in [0.4, 0.5) is 0 Å². The van der Waals surface area contributed by atoms with Gasteiger partial charge in [0.1, 0.15) is 0 Å². The van der Waals surface area contributed by atoms with Crippen molar-refractivity contribution >= 4 is 5.97 Å². The summed E-state index contributed by atoms with van der Waals surface area (Å²) in [6, 6.07) is 0. The summed E-state index contributed by atoms with van der Waals surface area (Å²) in [4.78, 5) is 11.4. The van der Waals surface area contributed by atoms with Gasteiger partial charge in [-0.1, -0.05) is 25.5 Å². The topological polar surface area (TPSA) is 35.5 Å². The molecule has 0 radical (unpaired) electrons. The van der Waals surface area contributed by atoms with Crippen LogP contribution in [0.5, 0.6) is 0 Å². The molecule has 0 saturated carbocycles. The van der Waals surface area contributed by atoms with E-state index in [0.29, 0.717) is 31.5 Å². The minimum atomic E-state index is -0.113. The molecule has 3 heteroatoms. The molecule has 0 aromatic rings.